The number of nitrogen functional groups attached to an aromatic ring is 1. The highest BCUT2D eigenvalue weighted by atomic mass is 79.9. The number of methoxy groups -OCH3 is 1. The minimum absolute atomic E-state index is 0.256. The van der Waals surface area contributed by atoms with Crippen molar-refractivity contribution in [3.8, 4) is 11.8 Å². The molecule has 106 valence electrons. The van der Waals surface area contributed by atoms with E-state index in [1.165, 1.54) is 7.11 Å². The number of hydrogen-bond acceptors (Lipinski definition) is 4. The molecule has 0 radical (unpaired) electrons. The Morgan fingerprint density at radius 2 is 2.14 bits per heavy atom. The summed E-state index contributed by atoms with van der Waals surface area (Å²) in [5.74, 6) is 0.0263. The monoisotopic (exact) mass is 345 g/mol. The Morgan fingerprint density at radius 3 is 2.81 bits per heavy atom. The SMILES string of the molecule is COc1cccc(C(=O)Nc2cc(Br)ccc2C#N)c1N. The van der Waals surface area contributed by atoms with Gasteiger partial charge in [-0.15, -0.1) is 0 Å². The number of anilines is 2. The van der Waals surface area contributed by atoms with E-state index in [1.54, 1.807) is 36.4 Å². The molecular formula is C15H12BrN3O2. The molecule has 0 fully saturated rings. The lowest BCUT2D eigenvalue weighted by molar-refractivity contribution is 0.102. The molecule has 0 aliphatic carbocycles. The van der Waals surface area contributed by atoms with Gasteiger partial charge in [0.25, 0.3) is 5.91 Å². The zero-order valence-corrected chi connectivity index (χ0v) is 12.8. The molecule has 2 aromatic carbocycles. The van der Waals surface area contributed by atoms with Crippen LogP contribution >= 0.6 is 15.9 Å². The third-order valence-electron chi connectivity index (χ3n) is 2.88. The maximum Gasteiger partial charge on any atom is 0.257 e. The summed E-state index contributed by atoms with van der Waals surface area (Å²) in [6.07, 6.45) is 0. The van der Waals surface area contributed by atoms with Gasteiger partial charge in [-0.3, -0.25) is 4.79 Å². The maximum atomic E-state index is 12.3. The zero-order valence-electron chi connectivity index (χ0n) is 11.2. The lowest BCUT2D eigenvalue weighted by Crippen LogP contribution is -2.15. The Labute approximate surface area is 130 Å². The summed E-state index contributed by atoms with van der Waals surface area (Å²) >= 11 is 3.30. The number of hydrogen-bond donors (Lipinski definition) is 2. The van der Waals surface area contributed by atoms with Crippen molar-refractivity contribution in [2.45, 2.75) is 0 Å². The Balaban J connectivity index is 2.35. The van der Waals surface area contributed by atoms with Crippen LogP contribution in [-0.4, -0.2) is 13.0 Å². The average Bonchev–Trinajstić information content (AvgIpc) is 2.47. The van der Waals surface area contributed by atoms with Crippen LogP contribution in [0.2, 0.25) is 0 Å². The van der Waals surface area contributed by atoms with Crippen molar-refractivity contribution in [2.75, 3.05) is 18.2 Å². The Bertz CT molecular complexity index is 738. The molecule has 0 aromatic heterocycles. The normalized spacial score (nSPS) is 9.76. The molecule has 2 aromatic rings. The fourth-order valence-corrected chi connectivity index (χ4v) is 2.19. The number of ether oxygens (including phenoxy) is 1. The van der Waals surface area contributed by atoms with Gasteiger partial charge in [-0.05, 0) is 30.3 Å². The smallest absolute Gasteiger partial charge is 0.257 e. The van der Waals surface area contributed by atoms with Gasteiger partial charge in [0.05, 0.1) is 29.6 Å². The lowest BCUT2D eigenvalue weighted by atomic mass is 10.1. The van der Waals surface area contributed by atoms with Crippen molar-refractivity contribution in [2.24, 2.45) is 0 Å². The van der Waals surface area contributed by atoms with Gasteiger partial charge in [0.2, 0.25) is 0 Å². The van der Waals surface area contributed by atoms with E-state index in [9.17, 15) is 4.79 Å². The highest BCUT2D eigenvalue weighted by Crippen LogP contribution is 2.27. The topological polar surface area (TPSA) is 88.1 Å². The van der Waals surface area contributed by atoms with Gasteiger partial charge in [-0.2, -0.15) is 5.26 Å². The highest BCUT2D eigenvalue weighted by Gasteiger charge is 2.14. The van der Waals surface area contributed by atoms with Gasteiger partial charge >= 0.3 is 0 Å². The van der Waals surface area contributed by atoms with Crippen LogP contribution in [0.5, 0.6) is 5.75 Å². The van der Waals surface area contributed by atoms with E-state index in [4.69, 9.17) is 15.7 Å². The molecule has 0 spiro atoms. The molecule has 0 saturated heterocycles. The number of rotatable bonds is 3. The molecule has 0 bridgehead atoms. The van der Waals surface area contributed by atoms with Crippen molar-refractivity contribution >= 4 is 33.2 Å². The van der Waals surface area contributed by atoms with Crippen LogP contribution < -0.4 is 15.8 Å². The summed E-state index contributed by atoms with van der Waals surface area (Å²) in [4.78, 5) is 12.3. The summed E-state index contributed by atoms with van der Waals surface area (Å²) in [7, 11) is 1.48. The second-order valence-electron chi connectivity index (χ2n) is 4.18. The number of carbonyl (C=O) groups excluding carboxylic acids is 1. The van der Waals surface area contributed by atoms with Gasteiger partial charge in [0.1, 0.15) is 11.8 Å². The fraction of sp³-hybridized carbons (Fsp3) is 0.0667. The van der Waals surface area contributed by atoms with Crippen LogP contribution in [0.4, 0.5) is 11.4 Å². The molecule has 0 heterocycles. The van der Waals surface area contributed by atoms with E-state index in [1.807, 2.05) is 6.07 Å². The van der Waals surface area contributed by atoms with Crippen molar-refractivity contribution in [1.29, 1.82) is 5.26 Å². The number of nitrogens with two attached hydrogens (primary N) is 1. The molecular weight excluding hydrogens is 334 g/mol. The van der Waals surface area contributed by atoms with E-state index in [0.717, 1.165) is 4.47 Å². The number of benzene rings is 2. The molecule has 6 heteroatoms. The second-order valence-corrected chi connectivity index (χ2v) is 5.09. The maximum absolute atomic E-state index is 12.3. The van der Waals surface area contributed by atoms with Gasteiger partial charge in [0, 0.05) is 4.47 Å². The third kappa shape index (κ3) is 3.15. The van der Waals surface area contributed by atoms with E-state index in [0.29, 0.717) is 22.6 Å². The molecule has 0 atom stereocenters. The number of amides is 1. The van der Waals surface area contributed by atoms with Crippen molar-refractivity contribution in [3.05, 3.63) is 52.0 Å². The van der Waals surface area contributed by atoms with E-state index < -0.39 is 5.91 Å². The first-order valence-electron chi connectivity index (χ1n) is 6.00. The van der Waals surface area contributed by atoms with E-state index >= 15 is 0 Å². The Kier molecular flexibility index (Phi) is 4.45. The first kappa shape index (κ1) is 14.9. The summed E-state index contributed by atoms with van der Waals surface area (Å²) in [6, 6.07) is 12.0. The van der Waals surface area contributed by atoms with E-state index in [2.05, 4.69) is 21.2 Å². The second kappa shape index (κ2) is 6.29. The molecule has 0 saturated carbocycles. The van der Waals surface area contributed by atoms with E-state index in [-0.39, 0.29) is 5.69 Å². The van der Waals surface area contributed by atoms with Crippen LogP contribution in [0.15, 0.2) is 40.9 Å². The lowest BCUT2D eigenvalue weighted by Gasteiger charge is -2.11. The minimum atomic E-state index is -0.402. The van der Waals surface area contributed by atoms with Crippen LogP contribution in [-0.2, 0) is 0 Å². The van der Waals surface area contributed by atoms with Crippen molar-refractivity contribution in [3.63, 3.8) is 0 Å². The van der Waals surface area contributed by atoms with Gasteiger partial charge in [-0.1, -0.05) is 22.0 Å². The molecule has 21 heavy (non-hydrogen) atoms. The number of para-hydroxylation sites is 1. The average molecular weight is 346 g/mol. The number of nitriles is 1. The largest absolute Gasteiger partial charge is 0.495 e. The first-order valence-corrected chi connectivity index (χ1v) is 6.79. The third-order valence-corrected chi connectivity index (χ3v) is 3.37. The van der Waals surface area contributed by atoms with Crippen LogP contribution in [0.3, 0.4) is 0 Å². The van der Waals surface area contributed by atoms with Gasteiger partial charge < -0.3 is 15.8 Å². The molecule has 1 amide bonds. The summed E-state index contributed by atoms with van der Waals surface area (Å²) in [6.45, 7) is 0. The van der Waals surface area contributed by atoms with Crippen LogP contribution in [0, 0.1) is 11.3 Å². The van der Waals surface area contributed by atoms with Gasteiger partial charge in [-0.25, -0.2) is 0 Å². The number of nitrogens with zero attached hydrogens (tertiary/aromatic N) is 1. The molecule has 0 aliphatic rings. The molecule has 5 nitrogen and oxygen atoms in total. The molecule has 0 aliphatic heterocycles. The quantitative estimate of drug-likeness (QED) is 0.836. The molecule has 2 rings (SSSR count). The van der Waals surface area contributed by atoms with Crippen LogP contribution in [0.1, 0.15) is 15.9 Å². The zero-order chi connectivity index (χ0) is 15.4. The van der Waals surface area contributed by atoms with Crippen LogP contribution in [0.25, 0.3) is 0 Å². The summed E-state index contributed by atoms with van der Waals surface area (Å²) in [5.41, 5.74) is 7.22. The van der Waals surface area contributed by atoms with Crippen molar-refractivity contribution in [1.82, 2.24) is 0 Å². The highest BCUT2D eigenvalue weighted by molar-refractivity contribution is 9.10. The Morgan fingerprint density at radius 1 is 1.38 bits per heavy atom. The number of carbonyl (C=O) groups is 1. The Hall–Kier alpha value is -2.52. The number of nitrogens with one attached hydrogen (secondary N) is 1. The standard InChI is InChI=1S/C15H12BrN3O2/c1-21-13-4-2-3-11(14(13)18)15(20)19-12-7-10(16)6-5-9(12)8-17/h2-7H,18H2,1H3,(H,19,20). The molecule has 3 N–H and O–H groups in total. The minimum Gasteiger partial charge on any atom is -0.495 e. The predicted octanol–water partition coefficient (Wildman–Crippen LogP) is 3.16. The first-order chi connectivity index (χ1) is 10.1. The molecule has 0 unspecified atom stereocenters. The summed E-state index contributed by atoms with van der Waals surface area (Å²) < 4.78 is 5.84. The van der Waals surface area contributed by atoms with Gasteiger partial charge in [0.15, 0.2) is 0 Å². The number of halogens is 1. The fourth-order valence-electron chi connectivity index (χ4n) is 1.83. The van der Waals surface area contributed by atoms with Crippen molar-refractivity contribution < 1.29 is 9.53 Å². The predicted molar refractivity (Wildman–Crippen MR) is 84.2 cm³/mol. The summed E-state index contributed by atoms with van der Waals surface area (Å²) in [5, 5.41) is 11.8.